The van der Waals surface area contributed by atoms with Crippen molar-refractivity contribution in [1.82, 2.24) is 9.78 Å². The van der Waals surface area contributed by atoms with Gasteiger partial charge in [-0.05, 0) is 13.0 Å². The molecular formula is C13H22N2O4Si. The fraction of sp³-hybridized carbons (Fsp3) is 0.615. The summed E-state index contributed by atoms with van der Waals surface area (Å²) in [7, 11) is -1.14. The molecule has 0 unspecified atom stereocenters. The van der Waals surface area contributed by atoms with E-state index in [0.29, 0.717) is 12.9 Å². The first-order chi connectivity index (χ1) is 9.39. The summed E-state index contributed by atoms with van der Waals surface area (Å²) < 4.78 is 11.8. The Morgan fingerprint density at radius 1 is 1.45 bits per heavy atom. The summed E-state index contributed by atoms with van der Waals surface area (Å²) in [5.74, 6) is -0.539. The van der Waals surface area contributed by atoms with Crippen molar-refractivity contribution in [2.75, 3.05) is 13.2 Å². The Balaban J connectivity index is 2.63. The molecule has 0 saturated carbocycles. The van der Waals surface area contributed by atoms with Gasteiger partial charge in [0.05, 0.1) is 12.8 Å². The Labute approximate surface area is 120 Å². The van der Waals surface area contributed by atoms with Gasteiger partial charge in [-0.1, -0.05) is 19.6 Å². The summed E-state index contributed by atoms with van der Waals surface area (Å²) in [5, 5.41) is 4.00. The van der Waals surface area contributed by atoms with E-state index in [9.17, 15) is 9.59 Å². The number of aromatic nitrogens is 2. The summed E-state index contributed by atoms with van der Waals surface area (Å²) >= 11 is 0. The highest BCUT2D eigenvalue weighted by molar-refractivity contribution is 6.76. The van der Waals surface area contributed by atoms with Crippen LogP contribution >= 0.6 is 0 Å². The number of carbonyl (C=O) groups excluding carboxylic acids is 2. The molecule has 1 heterocycles. The van der Waals surface area contributed by atoms with Crippen LogP contribution in [0.1, 0.15) is 27.8 Å². The molecule has 0 atom stereocenters. The third-order valence-electron chi connectivity index (χ3n) is 2.70. The van der Waals surface area contributed by atoms with Crippen molar-refractivity contribution in [2.45, 2.75) is 39.3 Å². The van der Waals surface area contributed by atoms with Gasteiger partial charge in [0.2, 0.25) is 0 Å². The van der Waals surface area contributed by atoms with Crippen molar-refractivity contribution in [2.24, 2.45) is 0 Å². The van der Waals surface area contributed by atoms with E-state index in [1.807, 2.05) is 0 Å². The molecule has 112 valence electrons. The Hall–Kier alpha value is -1.47. The van der Waals surface area contributed by atoms with Crippen LogP contribution in [0.4, 0.5) is 0 Å². The van der Waals surface area contributed by atoms with Gasteiger partial charge in [0, 0.05) is 14.7 Å². The fourth-order valence-electron chi connectivity index (χ4n) is 1.52. The summed E-state index contributed by atoms with van der Waals surface area (Å²) in [6.45, 7) is 9.55. The molecule has 0 fully saturated rings. The maximum atomic E-state index is 11.6. The van der Waals surface area contributed by atoms with Crippen LogP contribution in [-0.2, 0) is 16.2 Å². The first-order valence-electron chi connectivity index (χ1n) is 6.65. The van der Waals surface area contributed by atoms with Crippen molar-refractivity contribution in [3.8, 4) is 0 Å². The molecule has 0 aromatic carbocycles. The molecule has 1 rings (SSSR count). The predicted molar refractivity (Wildman–Crippen MR) is 77.7 cm³/mol. The average Bonchev–Trinajstić information content (AvgIpc) is 2.76. The van der Waals surface area contributed by atoms with Crippen LogP contribution < -0.4 is 0 Å². The molecule has 0 aliphatic heterocycles. The minimum Gasteiger partial charge on any atom is -0.462 e. The van der Waals surface area contributed by atoms with Crippen LogP contribution in [-0.4, -0.2) is 43.3 Å². The molecule has 0 saturated heterocycles. The third kappa shape index (κ3) is 4.90. The van der Waals surface area contributed by atoms with Gasteiger partial charge < -0.3 is 9.47 Å². The minimum absolute atomic E-state index is 0.165. The first-order valence-corrected chi connectivity index (χ1v) is 10.4. The second-order valence-electron chi connectivity index (χ2n) is 5.63. The van der Waals surface area contributed by atoms with Gasteiger partial charge in [-0.3, -0.25) is 4.79 Å². The monoisotopic (exact) mass is 298 g/mol. The lowest BCUT2D eigenvalue weighted by atomic mass is 10.2. The highest BCUT2D eigenvalue weighted by Gasteiger charge is 2.18. The van der Waals surface area contributed by atoms with Gasteiger partial charge in [0.15, 0.2) is 6.29 Å². The van der Waals surface area contributed by atoms with Crippen molar-refractivity contribution in [3.63, 3.8) is 0 Å². The van der Waals surface area contributed by atoms with Crippen molar-refractivity contribution < 1.29 is 19.1 Å². The Morgan fingerprint density at radius 2 is 2.15 bits per heavy atom. The molecule has 0 spiro atoms. The Morgan fingerprint density at radius 3 is 2.70 bits per heavy atom. The highest BCUT2D eigenvalue weighted by Crippen LogP contribution is 2.10. The first kappa shape index (κ1) is 16.6. The SMILES string of the molecule is CCOC(=O)c1cnn(COCC[Si](C)(C)C)c1C=O. The number of carbonyl (C=O) groups is 2. The zero-order valence-corrected chi connectivity index (χ0v) is 13.5. The number of aldehydes is 1. The summed E-state index contributed by atoms with van der Waals surface area (Å²) in [6.07, 6.45) is 1.94. The molecule has 0 aliphatic carbocycles. The van der Waals surface area contributed by atoms with Gasteiger partial charge in [-0.25, -0.2) is 9.48 Å². The highest BCUT2D eigenvalue weighted by atomic mass is 28.3. The molecule has 1 aromatic rings. The predicted octanol–water partition coefficient (Wildman–Crippen LogP) is 2.18. The summed E-state index contributed by atoms with van der Waals surface area (Å²) in [5.41, 5.74) is 0.368. The van der Waals surface area contributed by atoms with Crippen LogP contribution in [0.3, 0.4) is 0 Å². The zero-order chi connectivity index (χ0) is 15.2. The van der Waals surface area contributed by atoms with Gasteiger partial charge >= 0.3 is 5.97 Å². The largest absolute Gasteiger partial charge is 0.462 e. The minimum atomic E-state index is -1.14. The fourth-order valence-corrected chi connectivity index (χ4v) is 2.27. The van der Waals surface area contributed by atoms with Gasteiger partial charge in [0.25, 0.3) is 0 Å². The molecule has 20 heavy (non-hydrogen) atoms. The van der Waals surface area contributed by atoms with Gasteiger partial charge in [-0.2, -0.15) is 5.10 Å². The Bertz CT molecular complexity index is 465. The molecule has 7 heteroatoms. The second kappa shape index (κ2) is 7.35. The lowest BCUT2D eigenvalue weighted by Crippen LogP contribution is -2.22. The van der Waals surface area contributed by atoms with Crippen LogP contribution in [0.2, 0.25) is 25.7 Å². The van der Waals surface area contributed by atoms with E-state index < -0.39 is 14.0 Å². The van der Waals surface area contributed by atoms with Crippen molar-refractivity contribution in [3.05, 3.63) is 17.5 Å². The van der Waals surface area contributed by atoms with Crippen molar-refractivity contribution in [1.29, 1.82) is 0 Å². The quantitative estimate of drug-likeness (QED) is 0.318. The van der Waals surface area contributed by atoms with Crippen LogP contribution in [0.25, 0.3) is 0 Å². The molecule has 6 nitrogen and oxygen atoms in total. The van der Waals surface area contributed by atoms with E-state index in [4.69, 9.17) is 9.47 Å². The average molecular weight is 298 g/mol. The van der Waals surface area contributed by atoms with E-state index in [1.165, 1.54) is 10.9 Å². The number of hydrogen-bond acceptors (Lipinski definition) is 5. The van der Waals surface area contributed by atoms with E-state index in [1.54, 1.807) is 6.92 Å². The smallest absolute Gasteiger partial charge is 0.342 e. The van der Waals surface area contributed by atoms with E-state index in [0.717, 1.165) is 6.04 Å². The van der Waals surface area contributed by atoms with Crippen LogP contribution in [0, 0.1) is 0 Å². The maximum absolute atomic E-state index is 11.6. The van der Waals surface area contributed by atoms with Crippen molar-refractivity contribution >= 4 is 20.3 Å². The van der Waals surface area contributed by atoms with Crippen LogP contribution in [0.5, 0.6) is 0 Å². The maximum Gasteiger partial charge on any atom is 0.342 e. The molecule has 0 bridgehead atoms. The van der Waals surface area contributed by atoms with E-state index >= 15 is 0 Å². The summed E-state index contributed by atoms with van der Waals surface area (Å²) in [6, 6.07) is 1.04. The molecule has 0 radical (unpaired) electrons. The van der Waals surface area contributed by atoms with E-state index in [2.05, 4.69) is 24.7 Å². The standard InChI is InChI=1S/C13H22N2O4Si/c1-5-19-13(17)11-8-14-15(12(11)9-16)10-18-6-7-20(2,3)4/h8-9H,5-7,10H2,1-4H3. The topological polar surface area (TPSA) is 70.4 Å². The number of esters is 1. The van der Waals surface area contributed by atoms with Gasteiger partial charge in [0.1, 0.15) is 18.0 Å². The number of hydrogen-bond donors (Lipinski definition) is 0. The second-order valence-corrected chi connectivity index (χ2v) is 11.3. The molecular weight excluding hydrogens is 276 g/mol. The Kier molecular flexibility index (Phi) is 6.09. The third-order valence-corrected chi connectivity index (χ3v) is 4.40. The summed E-state index contributed by atoms with van der Waals surface area (Å²) in [4.78, 5) is 22.7. The van der Waals surface area contributed by atoms with Gasteiger partial charge in [-0.15, -0.1) is 0 Å². The number of nitrogens with zero attached hydrogens (tertiary/aromatic N) is 2. The van der Waals surface area contributed by atoms with Crippen LogP contribution in [0.15, 0.2) is 6.20 Å². The lowest BCUT2D eigenvalue weighted by Gasteiger charge is -2.15. The zero-order valence-electron chi connectivity index (χ0n) is 12.5. The normalized spacial score (nSPS) is 11.4. The molecule has 0 aliphatic rings. The lowest BCUT2D eigenvalue weighted by molar-refractivity contribution is 0.0521. The molecule has 0 amide bonds. The number of rotatable bonds is 8. The molecule has 1 aromatic heterocycles. The number of ether oxygens (including phenoxy) is 2. The van der Waals surface area contributed by atoms with E-state index in [-0.39, 0.29) is 24.6 Å². The molecule has 0 N–H and O–H groups in total.